The van der Waals surface area contributed by atoms with E-state index in [9.17, 15) is 9.90 Å². The number of hydrogen-bond acceptors (Lipinski definition) is 3. The molecule has 0 fully saturated rings. The van der Waals surface area contributed by atoms with E-state index in [2.05, 4.69) is 0 Å². The average Bonchev–Trinajstić information content (AvgIpc) is 2.18. The lowest BCUT2D eigenvalue weighted by Gasteiger charge is -2.29. The SMILES string of the molecule is CCCC(CCC)(OCCCO)C(=O)O. The van der Waals surface area contributed by atoms with Crippen molar-refractivity contribution in [2.24, 2.45) is 0 Å². The van der Waals surface area contributed by atoms with Gasteiger partial charge in [0.15, 0.2) is 5.60 Å². The molecule has 0 unspecified atom stereocenters. The van der Waals surface area contributed by atoms with Crippen molar-refractivity contribution in [1.29, 1.82) is 0 Å². The van der Waals surface area contributed by atoms with E-state index in [-0.39, 0.29) is 6.61 Å². The molecule has 0 saturated carbocycles. The van der Waals surface area contributed by atoms with Crippen LogP contribution in [0.1, 0.15) is 46.0 Å². The summed E-state index contributed by atoms with van der Waals surface area (Å²) in [7, 11) is 0. The molecule has 15 heavy (non-hydrogen) atoms. The highest BCUT2D eigenvalue weighted by atomic mass is 16.5. The second-order valence-corrected chi connectivity index (χ2v) is 3.73. The van der Waals surface area contributed by atoms with Crippen molar-refractivity contribution < 1.29 is 19.7 Å². The number of aliphatic hydroxyl groups is 1. The smallest absolute Gasteiger partial charge is 0.335 e. The molecule has 90 valence electrons. The van der Waals surface area contributed by atoms with E-state index < -0.39 is 11.6 Å². The van der Waals surface area contributed by atoms with Gasteiger partial charge in [0.05, 0.1) is 6.61 Å². The maximum absolute atomic E-state index is 11.2. The Morgan fingerprint density at radius 1 is 1.27 bits per heavy atom. The zero-order valence-corrected chi connectivity index (χ0v) is 9.66. The highest BCUT2D eigenvalue weighted by Crippen LogP contribution is 2.25. The Bertz CT molecular complexity index is 173. The molecule has 0 aliphatic rings. The van der Waals surface area contributed by atoms with Gasteiger partial charge in [0.25, 0.3) is 0 Å². The Labute approximate surface area is 91.3 Å². The van der Waals surface area contributed by atoms with Crippen LogP contribution in [0.25, 0.3) is 0 Å². The van der Waals surface area contributed by atoms with Crippen molar-refractivity contribution in [1.82, 2.24) is 0 Å². The minimum atomic E-state index is -1.04. The van der Waals surface area contributed by atoms with Gasteiger partial charge < -0.3 is 14.9 Å². The fraction of sp³-hybridized carbons (Fsp3) is 0.909. The quantitative estimate of drug-likeness (QED) is 0.579. The normalized spacial score (nSPS) is 11.7. The van der Waals surface area contributed by atoms with Crippen molar-refractivity contribution in [2.45, 2.75) is 51.6 Å². The first-order valence-electron chi connectivity index (χ1n) is 5.61. The maximum Gasteiger partial charge on any atom is 0.335 e. The van der Waals surface area contributed by atoms with Crippen molar-refractivity contribution in [3.63, 3.8) is 0 Å². The van der Waals surface area contributed by atoms with Crippen LogP contribution in [0.2, 0.25) is 0 Å². The van der Waals surface area contributed by atoms with E-state index in [0.717, 1.165) is 12.8 Å². The van der Waals surface area contributed by atoms with Crippen LogP contribution in [0.5, 0.6) is 0 Å². The summed E-state index contributed by atoms with van der Waals surface area (Å²) < 4.78 is 5.45. The largest absolute Gasteiger partial charge is 0.479 e. The molecule has 0 heterocycles. The Kier molecular flexibility index (Phi) is 7.34. The zero-order chi connectivity index (χ0) is 11.7. The van der Waals surface area contributed by atoms with E-state index in [1.807, 2.05) is 13.8 Å². The van der Waals surface area contributed by atoms with Crippen LogP contribution >= 0.6 is 0 Å². The predicted molar refractivity (Wildman–Crippen MR) is 57.8 cm³/mol. The van der Waals surface area contributed by atoms with Gasteiger partial charge >= 0.3 is 5.97 Å². The van der Waals surface area contributed by atoms with Crippen LogP contribution in [0.4, 0.5) is 0 Å². The fourth-order valence-corrected chi connectivity index (χ4v) is 1.68. The van der Waals surface area contributed by atoms with Crippen molar-refractivity contribution >= 4 is 5.97 Å². The van der Waals surface area contributed by atoms with Gasteiger partial charge in [-0.25, -0.2) is 4.79 Å². The number of rotatable bonds is 9. The number of ether oxygens (including phenoxy) is 1. The average molecular weight is 218 g/mol. The van der Waals surface area contributed by atoms with Crippen LogP contribution in [0.15, 0.2) is 0 Å². The van der Waals surface area contributed by atoms with Gasteiger partial charge in [-0.05, 0) is 19.3 Å². The molecule has 0 saturated heterocycles. The predicted octanol–water partition coefficient (Wildman–Crippen LogP) is 1.81. The topological polar surface area (TPSA) is 66.8 Å². The van der Waals surface area contributed by atoms with Crippen molar-refractivity contribution in [3.05, 3.63) is 0 Å². The molecular weight excluding hydrogens is 196 g/mol. The Balaban J connectivity index is 4.40. The molecule has 0 rings (SSSR count). The van der Waals surface area contributed by atoms with Crippen LogP contribution in [-0.4, -0.2) is 35.0 Å². The summed E-state index contributed by atoms with van der Waals surface area (Å²) >= 11 is 0. The van der Waals surface area contributed by atoms with E-state index in [4.69, 9.17) is 9.84 Å². The maximum atomic E-state index is 11.2. The summed E-state index contributed by atoms with van der Waals surface area (Å²) in [4.78, 5) is 11.2. The second-order valence-electron chi connectivity index (χ2n) is 3.73. The molecule has 0 spiro atoms. The lowest BCUT2D eigenvalue weighted by Crippen LogP contribution is -2.41. The molecule has 0 bridgehead atoms. The molecule has 0 aliphatic heterocycles. The summed E-state index contributed by atoms with van der Waals surface area (Å²) in [6.45, 7) is 4.24. The van der Waals surface area contributed by atoms with Crippen LogP contribution in [-0.2, 0) is 9.53 Å². The molecule has 0 atom stereocenters. The highest BCUT2D eigenvalue weighted by Gasteiger charge is 2.37. The minimum Gasteiger partial charge on any atom is -0.479 e. The standard InChI is InChI=1S/C11H22O4/c1-3-6-11(7-4-2,10(13)14)15-9-5-8-12/h12H,3-9H2,1-2H3,(H,13,14). The molecule has 0 aromatic heterocycles. The Morgan fingerprint density at radius 3 is 2.13 bits per heavy atom. The molecule has 0 aromatic carbocycles. The monoisotopic (exact) mass is 218 g/mol. The molecule has 0 aromatic rings. The third kappa shape index (κ3) is 4.62. The van der Waals surface area contributed by atoms with E-state index >= 15 is 0 Å². The molecule has 4 nitrogen and oxygen atoms in total. The third-order valence-corrected chi connectivity index (χ3v) is 2.38. The first-order valence-corrected chi connectivity index (χ1v) is 5.61. The van der Waals surface area contributed by atoms with E-state index in [1.165, 1.54) is 0 Å². The first kappa shape index (κ1) is 14.4. The first-order chi connectivity index (χ1) is 7.13. The summed E-state index contributed by atoms with van der Waals surface area (Å²) in [6, 6.07) is 0. The molecule has 0 aliphatic carbocycles. The molecular formula is C11H22O4. The zero-order valence-electron chi connectivity index (χ0n) is 9.66. The fourth-order valence-electron chi connectivity index (χ4n) is 1.68. The second kappa shape index (κ2) is 7.65. The van der Waals surface area contributed by atoms with Crippen LogP contribution < -0.4 is 0 Å². The van der Waals surface area contributed by atoms with Gasteiger partial charge in [-0.3, -0.25) is 0 Å². The highest BCUT2D eigenvalue weighted by molar-refractivity contribution is 5.77. The van der Waals surface area contributed by atoms with E-state index in [0.29, 0.717) is 25.9 Å². The number of aliphatic carboxylic acids is 1. The number of carboxylic acids is 1. The summed E-state index contributed by atoms with van der Waals surface area (Å²) in [5.74, 6) is -0.885. The lowest BCUT2D eigenvalue weighted by molar-refractivity contribution is -0.169. The minimum absolute atomic E-state index is 0.0357. The van der Waals surface area contributed by atoms with Crippen molar-refractivity contribution in [3.8, 4) is 0 Å². The third-order valence-electron chi connectivity index (χ3n) is 2.38. The molecule has 2 N–H and O–H groups in total. The number of aliphatic hydroxyl groups excluding tert-OH is 1. The summed E-state index contributed by atoms with van der Waals surface area (Å²) in [5, 5.41) is 17.8. The Morgan fingerprint density at radius 2 is 1.80 bits per heavy atom. The number of carboxylic acid groups (broad SMARTS) is 1. The van der Waals surface area contributed by atoms with Crippen LogP contribution in [0, 0.1) is 0 Å². The number of hydrogen-bond donors (Lipinski definition) is 2. The van der Waals surface area contributed by atoms with E-state index in [1.54, 1.807) is 0 Å². The molecule has 0 radical (unpaired) electrons. The summed E-state index contributed by atoms with van der Waals surface area (Å²) in [6.07, 6.45) is 3.11. The van der Waals surface area contributed by atoms with Gasteiger partial charge in [0.1, 0.15) is 0 Å². The van der Waals surface area contributed by atoms with Gasteiger partial charge in [0, 0.05) is 6.61 Å². The van der Waals surface area contributed by atoms with Crippen molar-refractivity contribution in [2.75, 3.05) is 13.2 Å². The molecule has 0 amide bonds. The van der Waals surface area contributed by atoms with Gasteiger partial charge in [-0.1, -0.05) is 26.7 Å². The Hall–Kier alpha value is -0.610. The van der Waals surface area contributed by atoms with Gasteiger partial charge in [0.2, 0.25) is 0 Å². The number of carbonyl (C=O) groups is 1. The van der Waals surface area contributed by atoms with Crippen LogP contribution in [0.3, 0.4) is 0 Å². The summed E-state index contributed by atoms with van der Waals surface area (Å²) in [5.41, 5.74) is -1.04. The van der Waals surface area contributed by atoms with Gasteiger partial charge in [-0.2, -0.15) is 0 Å². The molecule has 4 heteroatoms. The lowest BCUT2D eigenvalue weighted by atomic mass is 9.92. The van der Waals surface area contributed by atoms with Gasteiger partial charge in [-0.15, -0.1) is 0 Å².